The standard InChI is InChI=1S/C22H28N2O3/c1-5-16(4)19-11-6-7-12-20(19)27-14-21(25)23-17-9-8-10-18(13-17)24-22(26)15(2)3/h6-13,15-16H,5,14H2,1-4H3,(H,23,25)(H,24,26). The fraction of sp³-hybridized carbons (Fsp3) is 0.364. The minimum Gasteiger partial charge on any atom is -0.483 e. The van der Waals surface area contributed by atoms with Gasteiger partial charge in [-0.05, 0) is 42.2 Å². The molecule has 0 aliphatic heterocycles. The van der Waals surface area contributed by atoms with Crippen LogP contribution in [-0.4, -0.2) is 18.4 Å². The molecule has 2 aromatic rings. The van der Waals surface area contributed by atoms with Gasteiger partial charge in [-0.1, -0.05) is 52.0 Å². The van der Waals surface area contributed by atoms with E-state index in [1.807, 2.05) is 38.1 Å². The summed E-state index contributed by atoms with van der Waals surface area (Å²) in [6.45, 7) is 7.85. The van der Waals surface area contributed by atoms with Crippen molar-refractivity contribution in [2.24, 2.45) is 5.92 Å². The average molecular weight is 368 g/mol. The number of hydrogen-bond acceptors (Lipinski definition) is 3. The monoisotopic (exact) mass is 368 g/mol. The van der Waals surface area contributed by atoms with Crippen molar-refractivity contribution in [2.45, 2.75) is 40.0 Å². The highest BCUT2D eigenvalue weighted by molar-refractivity contribution is 5.95. The first-order valence-electron chi connectivity index (χ1n) is 9.33. The number of para-hydroxylation sites is 1. The number of carbonyl (C=O) groups excluding carboxylic acids is 2. The second-order valence-electron chi connectivity index (χ2n) is 6.91. The highest BCUT2D eigenvalue weighted by Crippen LogP contribution is 2.28. The summed E-state index contributed by atoms with van der Waals surface area (Å²) in [6, 6.07) is 14.9. The van der Waals surface area contributed by atoms with Gasteiger partial charge in [0.25, 0.3) is 5.91 Å². The van der Waals surface area contributed by atoms with E-state index >= 15 is 0 Å². The van der Waals surface area contributed by atoms with Gasteiger partial charge in [-0.15, -0.1) is 0 Å². The molecule has 2 N–H and O–H groups in total. The van der Waals surface area contributed by atoms with Crippen LogP contribution in [-0.2, 0) is 9.59 Å². The molecule has 2 rings (SSSR count). The normalized spacial score (nSPS) is 11.7. The van der Waals surface area contributed by atoms with E-state index in [-0.39, 0.29) is 24.3 Å². The highest BCUT2D eigenvalue weighted by Gasteiger charge is 2.12. The number of hydrogen-bond donors (Lipinski definition) is 2. The molecule has 144 valence electrons. The Labute approximate surface area is 161 Å². The molecule has 0 spiro atoms. The van der Waals surface area contributed by atoms with E-state index in [4.69, 9.17) is 4.74 Å². The molecule has 0 saturated heterocycles. The van der Waals surface area contributed by atoms with E-state index in [9.17, 15) is 9.59 Å². The molecule has 5 heteroatoms. The Morgan fingerprint density at radius 3 is 2.30 bits per heavy atom. The zero-order valence-corrected chi connectivity index (χ0v) is 16.4. The zero-order valence-electron chi connectivity index (χ0n) is 16.4. The van der Waals surface area contributed by atoms with Crippen molar-refractivity contribution in [1.29, 1.82) is 0 Å². The van der Waals surface area contributed by atoms with E-state index in [2.05, 4.69) is 24.5 Å². The lowest BCUT2D eigenvalue weighted by Gasteiger charge is -2.15. The maximum atomic E-state index is 12.3. The van der Waals surface area contributed by atoms with Crippen molar-refractivity contribution in [3.63, 3.8) is 0 Å². The van der Waals surface area contributed by atoms with Crippen LogP contribution in [0.3, 0.4) is 0 Å². The second-order valence-corrected chi connectivity index (χ2v) is 6.91. The largest absolute Gasteiger partial charge is 0.483 e. The van der Waals surface area contributed by atoms with Crippen molar-refractivity contribution in [3.8, 4) is 5.75 Å². The molecule has 0 heterocycles. The number of nitrogens with one attached hydrogen (secondary N) is 2. The van der Waals surface area contributed by atoms with E-state index < -0.39 is 0 Å². The van der Waals surface area contributed by atoms with Gasteiger partial charge in [-0.25, -0.2) is 0 Å². The lowest BCUT2D eigenvalue weighted by atomic mass is 9.98. The van der Waals surface area contributed by atoms with Crippen LogP contribution in [0.15, 0.2) is 48.5 Å². The Morgan fingerprint density at radius 2 is 1.63 bits per heavy atom. The maximum Gasteiger partial charge on any atom is 0.262 e. The van der Waals surface area contributed by atoms with Gasteiger partial charge in [-0.2, -0.15) is 0 Å². The van der Waals surface area contributed by atoms with Crippen molar-refractivity contribution in [1.82, 2.24) is 0 Å². The van der Waals surface area contributed by atoms with Gasteiger partial charge in [0.2, 0.25) is 5.91 Å². The summed E-state index contributed by atoms with van der Waals surface area (Å²) in [5, 5.41) is 5.62. The van der Waals surface area contributed by atoms with Crippen LogP contribution in [0.1, 0.15) is 45.6 Å². The summed E-state index contributed by atoms with van der Waals surface area (Å²) in [5.74, 6) is 0.678. The number of carbonyl (C=O) groups is 2. The van der Waals surface area contributed by atoms with Crippen LogP contribution in [0.4, 0.5) is 11.4 Å². The van der Waals surface area contributed by atoms with Crippen molar-refractivity contribution in [2.75, 3.05) is 17.2 Å². The van der Waals surface area contributed by atoms with Gasteiger partial charge < -0.3 is 15.4 Å². The van der Waals surface area contributed by atoms with Crippen LogP contribution in [0.25, 0.3) is 0 Å². The zero-order chi connectivity index (χ0) is 19.8. The summed E-state index contributed by atoms with van der Waals surface area (Å²) in [7, 11) is 0. The molecule has 2 aromatic carbocycles. The molecule has 2 amide bonds. The molecule has 5 nitrogen and oxygen atoms in total. The topological polar surface area (TPSA) is 67.4 Å². The minimum atomic E-state index is -0.249. The highest BCUT2D eigenvalue weighted by atomic mass is 16.5. The van der Waals surface area contributed by atoms with Crippen LogP contribution in [0.2, 0.25) is 0 Å². The third-order valence-corrected chi connectivity index (χ3v) is 4.36. The smallest absolute Gasteiger partial charge is 0.262 e. The van der Waals surface area contributed by atoms with Gasteiger partial charge in [-0.3, -0.25) is 9.59 Å². The van der Waals surface area contributed by atoms with E-state index in [0.717, 1.165) is 17.7 Å². The quantitative estimate of drug-likeness (QED) is 0.702. The van der Waals surface area contributed by atoms with Crippen molar-refractivity contribution in [3.05, 3.63) is 54.1 Å². The molecular weight excluding hydrogens is 340 g/mol. The number of anilines is 2. The molecule has 0 fully saturated rings. The summed E-state index contributed by atoms with van der Waals surface area (Å²) in [6.07, 6.45) is 1.00. The number of ether oxygens (including phenoxy) is 1. The Morgan fingerprint density at radius 1 is 0.963 bits per heavy atom. The molecule has 0 saturated carbocycles. The van der Waals surface area contributed by atoms with Crippen LogP contribution in [0, 0.1) is 5.92 Å². The predicted octanol–water partition coefficient (Wildman–Crippen LogP) is 4.81. The number of rotatable bonds is 8. The van der Waals surface area contributed by atoms with E-state index in [1.165, 1.54) is 0 Å². The fourth-order valence-electron chi connectivity index (χ4n) is 2.54. The van der Waals surface area contributed by atoms with Crippen LogP contribution < -0.4 is 15.4 Å². The SMILES string of the molecule is CCC(C)c1ccccc1OCC(=O)Nc1cccc(NC(=O)C(C)C)c1. The minimum absolute atomic E-state index is 0.0662. The Hall–Kier alpha value is -2.82. The Kier molecular flexibility index (Phi) is 7.41. The van der Waals surface area contributed by atoms with Gasteiger partial charge >= 0.3 is 0 Å². The van der Waals surface area contributed by atoms with Crippen LogP contribution in [0.5, 0.6) is 5.75 Å². The van der Waals surface area contributed by atoms with E-state index in [1.54, 1.807) is 24.3 Å². The van der Waals surface area contributed by atoms with Gasteiger partial charge in [0.1, 0.15) is 5.75 Å². The molecule has 0 radical (unpaired) electrons. The maximum absolute atomic E-state index is 12.3. The number of amides is 2. The molecule has 1 unspecified atom stereocenters. The van der Waals surface area contributed by atoms with E-state index in [0.29, 0.717) is 17.3 Å². The predicted molar refractivity (Wildman–Crippen MR) is 109 cm³/mol. The lowest BCUT2D eigenvalue weighted by molar-refractivity contribution is -0.119. The first-order chi connectivity index (χ1) is 12.9. The second kappa shape index (κ2) is 9.76. The fourth-order valence-corrected chi connectivity index (χ4v) is 2.54. The average Bonchev–Trinajstić information content (AvgIpc) is 2.66. The Bertz CT molecular complexity index is 787. The molecule has 0 aliphatic carbocycles. The molecule has 0 aromatic heterocycles. The lowest BCUT2D eigenvalue weighted by Crippen LogP contribution is -2.21. The summed E-state index contributed by atoms with van der Waals surface area (Å²) in [4.78, 5) is 24.1. The molecule has 0 aliphatic rings. The first-order valence-corrected chi connectivity index (χ1v) is 9.33. The van der Waals surface area contributed by atoms with Gasteiger partial charge in [0.05, 0.1) is 0 Å². The third-order valence-electron chi connectivity index (χ3n) is 4.36. The third kappa shape index (κ3) is 6.13. The van der Waals surface area contributed by atoms with Crippen molar-refractivity contribution >= 4 is 23.2 Å². The first kappa shape index (κ1) is 20.5. The molecule has 27 heavy (non-hydrogen) atoms. The van der Waals surface area contributed by atoms with Gasteiger partial charge in [0, 0.05) is 17.3 Å². The van der Waals surface area contributed by atoms with Crippen molar-refractivity contribution < 1.29 is 14.3 Å². The number of benzene rings is 2. The molecule has 1 atom stereocenters. The Balaban J connectivity index is 1.96. The molecular formula is C22H28N2O3. The summed E-state index contributed by atoms with van der Waals surface area (Å²) in [5.41, 5.74) is 2.36. The van der Waals surface area contributed by atoms with Gasteiger partial charge in [0.15, 0.2) is 6.61 Å². The molecule has 0 bridgehead atoms. The van der Waals surface area contributed by atoms with Crippen LogP contribution >= 0.6 is 0 Å². The summed E-state index contributed by atoms with van der Waals surface area (Å²) >= 11 is 0. The summed E-state index contributed by atoms with van der Waals surface area (Å²) < 4.78 is 5.74.